The average Bonchev–Trinajstić information content (AvgIpc) is 3.14. The van der Waals surface area contributed by atoms with Gasteiger partial charge in [-0.3, -0.25) is 10.1 Å². The van der Waals surface area contributed by atoms with Crippen LogP contribution in [0, 0.1) is 6.92 Å². The molecule has 3 aromatic rings. The normalized spacial score (nSPS) is 14.3. The lowest BCUT2D eigenvalue weighted by molar-refractivity contribution is 0.102. The van der Waals surface area contributed by atoms with Gasteiger partial charge in [0, 0.05) is 21.9 Å². The molecule has 0 atom stereocenters. The smallest absolute Gasteiger partial charge is 0.257 e. The molecule has 0 saturated heterocycles. The van der Waals surface area contributed by atoms with Crippen molar-refractivity contribution in [2.75, 3.05) is 5.32 Å². The number of anilines is 1. The highest BCUT2D eigenvalue weighted by Crippen LogP contribution is 2.30. The van der Waals surface area contributed by atoms with Crippen LogP contribution in [0.4, 0.5) is 5.13 Å². The molecular weight excluding hydrogens is 402 g/mol. The minimum Gasteiger partial charge on any atom is -0.298 e. The fraction of sp³-hybridized carbons (Fsp3) is 0.222. The number of carbonyl (C=O) groups excluding carboxylic acids is 1. The summed E-state index contributed by atoms with van der Waals surface area (Å²) in [4.78, 5) is 19.3. The maximum absolute atomic E-state index is 12.4. The minimum atomic E-state index is -3.51. The molecule has 27 heavy (non-hydrogen) atoms. The van der Waals surface area contributed by atoms with E-state index in [0.717, 1.165) is 23.4 Å². The van der Waals surface area contributed by atoms with Gasteiger partial charge in [0.25, 0.3) is 5.91 Å². The van der Waals surface area contributed by atoms with E-state index in [0.29, 0.717) is 10.7 Å². The van der Waals surface area contributed by atoms with Crippen LogP contribution in [0.2, 0.25) is 0 Å². The SMILES string of the molecule is Cc1ccc(-c2csc(NC(=O)c3ccc(S(=O)(=O)NC4CC4)cc3)n2)s1. The Hall–Kier alpha value is -2.07. The van der Waals surface area contributed by atoms with Crippen LogP contribution in [-0.4, -0.2) is 25.4 Å². The van der Waals surface area contributed by atoms with E-state index in [-0.39, 0.29) is 16.8 Å². The Morgan fingerprint density at radius 1 is 1.15 bits per heavy atom. The standard InChI is InChI=1S/C18H17N3O3S3/c1-11-2-9-16(26-11)15-10-25-18(19-15)20-17(22)12-3-7-14(8-4-12)27(23,24)21-13-5-6-13/h2-4,7-10,13,21H,5-6H2,1H3,(H,19,20,22). The number of benzene rings is 1. The van der Waals surface area contributed by atoms with E-state index in [1.807, 2.05) is 24.4 Å². The van der Waals surface area contributed by atoms with Gasteiger partial charge in [0.2, 0.25) is 10.0 Å². The number of thiophene rings is 1. The Morgan fingerprint density at radius 3 is 2.52 bits per heavy atom. The van der Waals surface area contributed by atoms with Gasteiger partial charge >= 0.3 is 0 Å². The lowest BCUT2D eigenvalue weighted by Crippen LogP contribution is -2.25. The molecule has 2 aromatic heterocycles. The summed E-state index contributed by atoms with van der Waals surface area (Å²) in [5.41, 5.74) is 1.21. The summed E-state index contributed by atoms with van der Waals surface area (Å²) in [5, 5.41) is 5.17. The number of sulfonamides is 1. The largest absolute Gasteiger partial charge is 0.298 e. The molecule has 1 aliphatic carbocycles. The van der Waals surface area contributed by atoms with E-state index < -0.39 is 10.0 Å². The summed E-state index contributed by atoms with van der Waals surface area (Å²) >= 11 is 3.01. The highest BCUT2D eigenvalue weighted by Gasteiger charge is 2.28. The van der Waals surface area contributed by atoms with E-state index in [2.05, 4.69) is 15.0 Å². The molecule has 6 nitrogen and oxygen atoms in total. The number of aromatic nitrogens is 1. The molecule has 2 N–H and O–H groups in total. The third-order valence-corrected chi connectivity index (χ3v) is 7.36. The number of rotatable bonds is 6. The second-order valence-electron chi connectivity index (χ2n) is 6.32. The van der Waals surface area contributed by atoms with Crippen LogP contribution in [-0.2, 0) is 10.0 Å². The lowest BCUT2D eigenvalue weighted by atomic mass is 10.2. The van der Waals surface area contributed by atoms with Gasteiger partial charge < -0.3 is 0 Å². The van der Waals surface area contributed by atoms with Crippen LogP contribution in [0.5, 0.6) is 0 Å². The van der Waals surface area contributed by atoms with Crippen LogP contribution >= 0.6 is 22.7 Å². The maximum Gasteiger partial charge on any atom is 0.257 e. The molecule has 2 heterocycles. The molecule has 0 spiro atoms. The molecule has 0 radical (unpaired) electrons. The number of amides is 1. The van der Waals surface area contributed by atoms with Gasteiger partial charge in [-0.15, -0.1) is 22.7 Å². The first-order valence-electron chi connectivity index (χ1n) is 8.37. The number of hydrogen-bond acceptors (Lipinski definition) is 6. The van der Waals surface area contributed by atoms with Crippen molar-refractivity contribution >= 4 is 43.7 Å². The Morgan fingerprint density at radius 2 is 1.89 bits per heavy atom. The predicted octanol–water partition coefficient (Wildman–Crippen LogP) is 3.87. The number of aryl methyl sites for hydroxylation is 1. The first-order valence-corrected chi connectivity index (χ1v) is 11.5. The van der Waals surface area contributed by atoms with Crippen LogP contribution in [0.3, 0.4) is 0 Å². The number of nitrogens with one attached hydrogen (secondary N) is 2. The average molecular weight is 420 g/mol. The highest BCUT2D eigenvalue weighted by molar-refractivity contribution is 7.89. The van der Waals surface area contributed by atoms with Crippen LogP contribution in [0.15, 0.2) is 46.7 Å². The summed E-state index contributed by atoms with van der Waals surface area (Å²) in [7, 11) is -3.51. The molecule has 1 saturated carbocycles. The molecule has 1 amide bonds. The Bertz CT molecular complexity index is 1080. The van der Waals surface area contributed by atoms with Gasteiger partial charge in [0.05, 0.1) is 15.5 Å². The second kappa shape index (κ2) is 7.16. The third kappa shape index (κ3) is 4.27. The van der Waals surface area contributed by atoms with Crippen molar-refractivity contribution in [3.05, 3.63) is 52.2 Å². The van der Waals surface area contributed by atoms with E-state index >= 15 is 0 Å². The van der Waals surface area contributed by atoms with Crippen molar-refractivity contribution < 1.29 is 13.2 Å². The Balaban J connectivity index is 1.44. The molecule has 0 aliphatic heterocycles. The fourth-order valence-corrected chi connectivity index (χ4v) is 5.37. The van der Waals surface area contributed by atoms with Crippen LogP contribution in [0.1, 0.15) is 28.1 Å². The quantitative estimate of drug-likeness (QED) is 0.635. The van der Waals surface area contributed by atoms with Gasteiger partial charge in [-0.2, -0.15) is 0 Å². The fourth-order valence-electron chi connectivity index (χ4n) is 2.46. The summed E-state index contributed by atoms with van der Waals surface area (Å²) in [6, 6.07) is 10.00. The van der Waals surface area contributed by atoms with E-state index in [1.165, 1.54) is 40.5 Å². The molecule has 140 valence electrons. The van der Waals surface area contributed by atoms with Gasteiger partial charge in [0.1, 0.15) is 0 Å². The number of thiazole rings is 1. The Kier molecular flexibility index (Phi) is 4.85. The van der Waals surface area contributed by atoms with Crippen molar-refractivity contribution in [1.82, 2.24) is 9.71 Å². The summed E-state index contributed by atoms with van der Waals surface area (Å²) < 4.78 is 27.0. The summed E-state index contributed by atoms with van der Waals surface area (Å²) in [5.74, 6) is -0.322. The van der Waals surface area contributed by atoms with E-state index in [9.17, 15) is 13.2 Å². The van der Waals surface area contributed by atoms with Crippen molar-refractivity contribution in [1.29, 1.82) is 0 Å². The zero-order valence-electron chi connectivity index (χ0n) is 14.4. The number of nitrogens with zero attached hydrogens (tertiary/aromatic N) is 1. The molecule has 1 aromatic carbocycles. The number of hydrogen-bond donors (Lipinski definition) is 2. The van der Waals surface area contributed by atoms with Crippen molar-refractivity contribution in [3.63, 3.8) is 0 Å². The zero-order valence-corrected chi connectivity index (χ0v) is 16.9. The molecule has 1 aliphatic rings. The van der Waals surface area contributed by atoms with Gasteiger partial charge in [-0.25, -0.2) is 18.1 Å². The van der Waals surface area contributed by atoms with Crippen molar-refractivity contribution in [2.45, 2.75) is 30.7 Å². The first kappa shape index (κ1) is 18.3. The number of carbonyl (C=O) groups is 1. The molecule has 9 heteroatoms. The Labute approximate surface area is 165 Å². The zero-order chi connectivity index (χ0) is 19.0. The van der Waals surface area contributed by atoms with Gasteiger partial charge in [-0.05, 0) is 56.2 Å². The minimum absolute atomic E-state index is 0.0456. The molecule has 0 unspecified atom stereocenters. The first-order chi connectivity index (χ1) is 12.9. The predicted molar refractivity (Wildman–Crippen MR) is 108 cm³/mol. The summed E-state index contributed by atoms with van der Waals surface area (Å²) in [6.07, 6.45) is 1.75. The van der Waals surface area contributed by atoms with Crippen LogP contribution < -0.4 is 10.0 Å². The molecular formula is C18H17N3O3S3. The van der Waals surface area contributed by atoms with E-state index in [1.54, 1.807) is 11.3 Å². The second-order valence-corrected chi connectivity index (χ2v) is 10.2. The molecule has 0 bridgehead atoms. The molecule has 1 fully saturated rings. The van der Waals surface area contributed by atoms with Gasteiger partial charge in [-0.1, -0.05) is 0 Å². The highest BCUT2D eigenvalue weighted by atomic mass is 32.2. The maximum atomic E-state index is 12.4. The van der Waals surface area contributed by atoms with Crippen molar-refractivity contribution in [3.8, 4) is 10.6 Å². The van der Waals surface area contributed by atoms with Crippen molar-refractivity contribution in [2.24, 2.45) is 0 Å². The third-order valence-electron chi connectivity index (χ3n) is 4.04. The van der Waals surface area contributed by atoms with Crippen LogP contribution in [0.25, 0.3) is 10.6 Å². The van der Waals surface area contributed by atoms with E-state index in [4.69, 9.17) is 0 Å². The monoisotopic (exact) mass is 419 g/mol. The molecule has 4 rings (SSSR count). The topological polar surface area (TPSA) is 88.2 Å². The van der Waals surface area contributed by atoms with Gasteiger partial charge in [0.15, 0.2) is 5.13 Å². The lowest BCUT2D eigenvalue weighted by Gasteiger charge is -2.06. The summed E-state index contributed by atoms with van der Waals surface area (Å²) in [6.45, 7) is 2.03.